The largest absolute Gasteiger partial charge is 0.486 e. The van der Waals surface area contributed by atoms with E-state index in [9.17, 15) is 9.90 Å². The highest BCUT2D eigenvalue weighted by atomic mass is 16.6. The maximum Gasteiger partial charge on any atom is 0.329 e. The minimum absolute atomic E-state index is 0.298. The quantitative estimate of drug-likeness (QED) is 0.921. The topological polar surface area (TPSA) is 73.6 Å². The Hall–Kier alpha value is -2.24. The summed E-state index contributed by atoms with van der Waals surface area (Å²) >= 11 is 0. The van der Waals surface area contributed by atoms with Crippen molar-refractivity contribution in [1.29, 1.82) is 0 Å². The van der Waals surface area contributed by atoms with Gasteiger partial charge in [-0.05, 0) is 13.8 Å². The first kappa shape index (κ1) is 15.6. The Bertz CT molecular complexity index is 784. The Morgan fingerprint density at radius 3 is 2.22 bits per heavy atom. The number of hydrogen-bond acceptors (Lipinski definition) is 4. The lowest BCUT2D eigenvalue weighted by molar-refractivity contribution is -0.145. The van der Waals surface area contributed by atoms with Crippen molar-refractivity contribution in [2.75, 3.05) is 13.2 Å². The third-order valence-corrected chi connectivity index (χ3v) is 4.07. The Balaban J connectivity index is 2.36. The molecule has 0 radical (unpaired) electrons. The molecule has 0 fully saturated rings. The van der Waals surface area contributed by atoms with Crippen LogP contribution in [0.5, 0.6) is 11.5 Å². The number of ether oxygens (including phenoxy) is 2. The van der Waals surface area contributed by atoms with Crippen molar-refractivity contribution in [3.05, 3.63) is 18.0 Å². The number of aromatic nitrogens is 2. The fourth-order valence-corrected chi connectivity index (χ4v) is 2.78. The SMILES string of the molecule is CC(C)(C)c1nc2cc3c(cc2n1C(C)(C)C(=O)O)OCCO3. The summed E-state index contributed by atoms with van der Waals surface area (Å²) in [7, 11) is 0. The summed E-state index contributed by atoms with van der Waals surface area (Å²) in [5, 5.41) is 9.70. The van der Waals surface area contributed by atoms with Gasteiger partial charge >= 0.3 is 5.97 Å². The molecule has 0 amide bonds. The number of fused-ring (bicyclic) bond motifs is 2. The van der Waals surface area contributed by atoms with Crippen LogP contribution in [-0.2, 0) is 15.7 Å². The van der Waals surface area contributed by atoms with E-state index in [0.717, 1.165) is 11.3 Å². The zero-order chi connectivity index (χ0) is 17.0. The maximum atomic E-state index is 11.8. The minimum Gasteiger partial charge on any atom is -0.486 e. The van der Waals surface area contributed by atoms with Crippen molar-refractivity contribution in [3.63, 3.8) is 0 Å². The molecule has 1 aliphatic heterocycles. The van der Waals surface area contributed by atoms with Gasteiger partial charge in [0.05, 0.1) is 11.0 Å². The molecule has 2 heterocycles. The first-order valence-corrected chi connectivity index (χ1v) is 7.69. The fraction of sp³-hybridized carbons (Fsp3) is 0.529. The van der Waals surface area contributed by atoms with Crippen LogP contribution in [-0.4, -0.2) is 33.8 Å². The smallest absolute Gasteiger partial charge is 0.329 e. The molecule has 0 saturated heterocycles. The van der Waals surface area contributed by atoms with Gasteiger partial charge in [0.25, 0.3) is 0 Å². The molecule has 0 aliphatic carbocycles. The van der Waals surface area contributed by atoms with E-state index < -0.39 is 11.5 Å². The first-order valence-electron chi connectivity index (χ1n) is 7.69. The molecule has 0 spiro atoms. The van der Waals surface area contributed by atoms with Crippen molar-refractivity contribution in [1.82, 2.24) is 9.55 Å². The third kappa shape index (κ3) is 2.42. The average molecular weight is 318 g/mol. The Labute approximate surface area is 135 Å². The highest BCUT2D eigenvalue weighted by Gasteiger charge is 2.37. The summed E-state index contributed by atoms with van der Waals surface area (Å²) in [5.74, 6) is 1.10. The zero-order valence-electron chi connectivity index (χ0n) is 14.1. The van der Waals surface area contributed by atoms with Crippen LogP contribution in [0.1, 0.15) is 40.4 Å². The summed E-state index contributed by atoms with van der Waals surface area (Å²) in [6, 6.07) is 3.66. The summed E-state index contributed by atoms with van der Waals surface area (Å²) in [5.41, 5.74) is 0.0369. The summed E-state index contributed by atoms with van der Waals surface area (Å²) in [4.78, 5) is 16.5. The van der Waals surface area contributed by atoms with Crippen LogP contribution in [0, 0.1) is 0 Å². The lowest BCUT2D eigenvalue weighted by Crippen LogP contribution is -2.39. The molecule has 23 heavy (non-hydrogen) atoms. The van der Waals surface area contributed by atoms with Crippen LogP contribution in [0.15, 0.2) is 12.1 Å². The highest BCUT2D eigenvalue weighted by Crippen LogP contribution is 2.39. The molecule has 0 saturated carbocycles. The van der Waals surface area contributed by atoms with Crippen molar-refractivity contribution in [3.8, 4) is 11.5 Å². The van der Waals surface area contributed by atoms with Gasteiger partial charge in [0.1, 0.15) is 24.6 Å². The van der Waals surface area contributed by atoms with Crippen LogP contribution >= 0.6 is 0 Å². The van der Waals surface area contributed by atoms with Gasteiger partial charge in [-0.15, -0.1) is 0 Å². The van der Waals surface area contributed by atoms with Crippen LogP contribution in [0.2, 0.25) is 0 Å². The molecule has 0 bridgehead atoms. The molecule has 1 N–H and O–H groups in total. The molecular formula is C17H22N2O4. The normalized spacial score (nSPS) is 15.0. The molecule has 2 aromatic rings. The molecule has 1 aromatic heterocycles. The molecular weight excluding hydrogens is 296 g/mol. The second-order valence-electron chi connectivity index (χ2n) is 7.37. The number of carboxylic acids is 1. The van der Waals surface area contributed by atoms with E-state index in [1.165, 1.54) is 0 Å². The predicted molar refractivity (Wildman–Crippen MR) is 86.4 cm³/mol. The Morgan fingerprint density at radius 1 is 1.13 bits per heavy atom. The standard InChI is InChI=1S/C17H22N2O4/c1-16(2,3)14-18-10-8-12-13(23-7-6-22-12)9-11(10)19(14)17(4,5)15(20)21/h8-9H,6-7H2,1-5H3,(H,20,21). The van der Waals surface area contributed by atoms with Gasteiger partial charge in [0.15, 0.2) is 11.5 Å². The Kier molecular flexibility index (Phi) is 3.32. The lowest BCUT2D eigenvalue weighted by Gasteiger charge is -2.29. The van der Waals surface area contributed by atoms with E-state index in [0.29, 0.717) is 30.2 Å². The zero-order valence-corrected chi connectivity index (χ0v) is 14.1. The van der Waals surface area contributed by atoms with E-state index >= 15 is 0 Å². The van der Waals surface area contributed by atoms with Gasteiger partial charge < -0.3 is 19.1 Å². The van der Waals surface area contributed by atoms with Gasteiger partial charge in [-0.2, -0.15) is 0 Å². The van der Waals surface area contributed by atoms with Crippen molar-refractivity contribution in [2.24, 2.45) is 0 Å². The number of nitrogens with zero attached hydrogens (tertiary/aromatic N) is 2. The van der Waals surface area contributed by atoms with Crippen LogP contribution in [0.4, 0.5) is 0 Å². The summed E-state index contributed by atoms with van der Waals surface area (Å²) in [6.45, 7) is 10.4. The first-order chi connectivity index (χ1) is 10.6. The second-order valence-corrected chi connectivity index (χ2v) is 7.37. The van der Waals surface area contributed by atoms with Gasteiger partial charge in [0, 0.05) is 17.5 Å². The summed E-state index contributed by atoms with van der Waals surface area (Å²) < 4.78 is 13.0. The number of benzene rings is 1. The second kappa shape index (κ2) is 4.88. The van der Waals surface area contributed by atoms with E-state index in [-0.39, 0.29) is 5.41 Å². The lowest BCUT2D eigenvalue weighted by atomic mass is 9.93. The molecule has 0 unspecified atom stereocenters. The van der Waals surface area contributed by atoms with E-state index in [4.69, 9.17) is 14.5 Å². The molecule has 1 aromatic carbocycles. The van der Waals surface area contributed by atoms with Gasteiger partial charge in [-0.3, -0.25) is 0 Å². The fourth-order valence-electron chi connectivity index (χ4n) is 2.78. The number of carbonyl (C=O) groups is 1. The van der Waals surface area contributed by atoms with E-state index in [1.807, 2.05) is 32.9 Å². The Morgan fingerprint density at radius 2 is 1.70 bits per heavy atom. The molecule has 3 rings (SSSR count). The van der Waals surface area contributed by atoms with Crippen molar-refractivity contribution in [2.45, 2.75) is 45.6 Å². The van der Waals surface area contributed by atoms with E-state index in [1.54, 1.807) is 18.4 Å². The third-order valence-electron chi connectivity index (χ3n) is 4.07. The number of carboxylic acid groups (broad SMARTS) is 1. The van der Waals surface area contributed by atoms with Gasteiger partial charge in [-0.25, -0.2) is 9.78 Å². The van der Waals surface area contributed by atoms with E-state index in [2.05, 4.69) is 0 Å². The van der Waals surface area contributed by atoms with Gasteiger partial charge in [-0.1, -0.05) is 20.8 Å². The number of rotatable bonds is 2. The van der Waals surface area contributed by atoms with Crippen LogP contribution in [0.3, 0.4) is 0 Å². The molecule has 6 heteroatoms. The number of hydrogen-bond donors (Lipinski definition) is 1. The summed E-state index contributed by atoms with van der Waals surface area (Å²) in [6.07, 6.45) is 0. The number of imidazole rings is 1. The van der Waals surface area contributed by atoms with Crippen LogP contribution in [0.25, 0.3) is 11.0 Å². The molecule has 6 nitrogen and oxygen atoms in total. The molecule has 1 aliphatic rings. The maximum absolute atomic E-state index is 11.8. The van der Waals surface area contributed by atoms with Crippen molar-refractivity contribution >= 4 is 17.0 Å². The average Bonchev–Trinajstić information content (AvgIpc) is 2.83. The van der Waals surface area contributed by atoms with Gasteiger partial charge in [0.2, 0.25) is 0 Å². The number of aliphatic carboxylic acids is 1. The van der Waals surface area contributed by atoms with Crippen LogP contribution < -0.4 is 9.47 Å². The highest BCUT2D eigenvalue weighted by molar-refractivity contribution is 5.85. The predicted octanol–water partition coefficient (Wildman–Crippen LogP) is 2.92. The monoisotopic (exact) mass is 318 g/mol. The molecule has 0 atom stereocenters. The van der Waals surface area contributed by atoms with Crippen molar-refractivity contribution < 1.29 is 19.4 Å². The minimum atomic E-state index is -1.12. The molecule has 124 valence electrons.